The third-order valence-corrected chi connectivity index (χ3v) is 3.67. The van der Waals surface area contributed by atoms with E-state index in [-0.39, 0.29) is 10.8 Å². The summed E-state index contributed by atoms with van der Waals surface area (Å²) in [4.78, 5) is 0. The Kier molecular flexibility index (Phi) is 3.67. The van der Waals surface area contributed by atoms with E-state index in [1.807, 2.05) is 6.92 Å². The number of halogens is 4. The van der Waals surface area contributed by atoms with Crippen LogP contribution >= 0.6 is 11.6 Å². The van der Waals surface area contributed by atoms with Gasteiger partial charge in [-0.25, -0.2) is 0 Å². The summed E-state index contributed by atoms with van der Waals surface area (Å²) in [6.45, 7) is 2.87. The van der Waals surface area contributed by atoms with E-state index in [2.05, 4.69) is 0 Å². The van der Waals surface area contributed by atoms with Gasteiger partial charge >= 0.3 is 6.18 Å². The van der Waals surface area contributed by atoms with Crippen LogP contribution in [-0.4, -0.2) is 18.9 Å². The van der Waals surface area contributed by atoms with Crippen molar-refractivity contribution < 1.29 is 22.6 Å². The Morgan fingerprint density at radius 1 is 1.40 bits per heavy atom. The van der Waals surface area contributed by atoms with Crippen molar-refractivity contribution in [3.8, 4) is 11.5 Å². The van der Waals surface area contributed by atoms with Crippen molar-refractivity contribution in [3.63, 3.8) is 0 Å². The minimum atomic E-state index is -4.53. The van der Waals surface area contributed by atoms with Crippen LogP contribution in [0.25, 0.3) is 6.08 Å². The number of methoxy groups -OCH3 is 1. The molecule has 20 heavy (non-hydrogen) atoms. The third kappa shape index (κ3) is 2.24. The van der Waals surface area contributed by atoms with E-state index in [9.17, 15) is 13.2 Å². The zero-order chi connectivity index (χ0) is 15.1. The Bertz CT molecular complexity index is 567. The maximum Gasteiger partial charge on any atom is 0.431 e. The number of fused-ring (bicyclic) bond motifs is 1. The molecule has 6 heteroatoms. The van der Waals surface area contributed by atoms with Crippen molar-refractivity contribution in [1.82, 2.24) is 0 Å². The average Bonchev–Trinajstić information content (AvgIpc) is 2.38. The fourth-order valence-electron chi connectivity index (χ4n) is 2.05. The number of benzene rings is 1. The van der Waals surface area contributed by atoms with Crippen LogP contribution in [0.1, 0.15) is 25.0 Å². The van der Waals surface area contributed by atoms with Crippen molar-refractivity contribution >= 4 is 17.7 Å². The lowest BCUT2D eigenvalue weighted by atomic mass is 9.97. The van der Waals surface area contributed by atoms with E-state index in [1.165, 1.54) is 13.2 Å². The van der Waals surface area contributed by atoms with Crippen LogP contribution in [0.2, 0.25) is 5.02 Å². The Hall–Kier alpha value is -1.36. The quantitative estimate of drug-likeness (QED) is 0.792. The van der Waals surface area contributed by atoms with E-state index in [0.29, 0.717) is 17.7 Å². The molecule has 0 radical (unpaired) electrons. The Morgan fingerprint density at radius 2 is 2.05 bits per heavy atom. The third-order valence-electron chi connectivity index (χ3n) is 3.33. The van der Waals surface area contributed by atoms with Gasteiger partial charge in [0.15, 0.2) is 5.75 Å². The number of aryl methyl sites for hydroxylation is 1. The molecule has 0 aliphatic carbocycles. The number of ether oxygens (including phenoxy) is 2. The minimum Gasteiger partial charge on any atom is -0.495 e. The van der Waals surface area contributed by atoms with Gasteiger partial charge in [0.2, 0.25) is 5.60 Å². The molecule has 2 rings (SSSR count). The Balaban J connectivity index is 2.58. The van der Waals surface area contributed by atoms with Crippen molar-refractivity contribution in [2.24, 2.45) is 0 Å². The van der Waals surface area contributed by atoms with Gasteiger partial charge in [0.25, 0.3) is 0 Å². The highest BCUT2D eigenvalue weighted by Gasteiger charge is 2.53. The summed E-state index contributed by atoms with van der Waals surface area (Å²) in [5.41, 5.74) is -1.04. The SMILES string of the molecule is CCc1cc2c(c(Cl)c1OC)OC(C)(C(F)(F)F)C=C2. The van der Waals surface area contributed by atoms with Gasteiger partial charge in [0, 0.05) is 5.56 Å². The fourth-order valence-corrected chi connectivity index (χ4v) is 2.39. The van der Waals surface area contributed by atoms with Gasteiger partial charge in [-0.2, -0.15) is 13.2 Å². The molecule has 1 aromatic rings. The van der Waals surface area contributed by atoms with Gasteiger partial charge in [-0.05, 0) is 31.1 Å². The standard InChI is InChI=1S/C14H14ClF3O2/c1-4-8-7-9-5-6-13(2,14(16,17)18)20-12(9)10(15)11(8)19-3/h5-7H,4H2,1-3H3. The van der Waals surface area contributed by atoms with E-state index in [1.54, 1.807) is 6.07 Å². The molecular weight excluding hydrogens is 293 g/mol. The first kappa shape index (κ1) is 15.0. The summed E-state index contributed by atoms with van der Waals surface area (Å²) in [5, 5.41) is 0.0710. The molecular formula is C14H14ClF3O2. The zero-order valence-electron chi connectivity index (χ0n) is 11.3. The van der Waals surface area contributed by atoms with Gasteiger partial charge in [0.05, 0.1) is 7.11 Å². The molecule has 0 bridgehead atoms. The first-order valence-corrected chi connectivity index (χ1v) is 6.45. The predicted octanol–water partition coefficient (Wildman–Crippen LogP) is 4.64. The lowest BCUT2D eigenvalue weighted by Crippen LogP contribution is -2.47. The largest absolute Gasteiger partial charge is 0.495 e. The highest BCUT2D eigenvalue weighted by atomic mass is 35.5. The normalized spacial score (nSPS) is 21.4. The van der Waals surface area contributed by atoms with Crippen LogP contribution < -0.4 is 9.47 Å². The van der Waals surface area contributed by atoms with Crippen LogP contribution in [0.15, 0.2) is 12.1 Å². The van der Waals surface area contributed by atoms with E-state index in [0.717, 1.165) is 18.6 Å². The number of hydrogen-bond acceptors (Lipinski definition) is 2. The molecule has 110 valence electrons. The van der Waals surface area contributed by atoms with Crippen molar-refractivity contribution in [1.29, 1.82) is 0 Å². The topological polar surface area (TPSA) is 18.5 Å². The fraction of sp³-hybridized carbons (Fsp3) is 0.429. The van der Waals surface area contributed by atoms with Gasteiger partial charge in [-0.15, -0.1) is 0 Å². The highest BCUT2D eigenvalue weighted by molar-refractivity contribution is 6.34. The van der Waals surface area contributed by atoms with Crippen molar-refractivity contribution in [2.75, 3.05) is 7.11 Å². The molecule has 0 aromatic heterocycles. The summed E-state index contributed by atoms with van der Waals surface area (Å²) in [6.07, 6.45) is -1.49. The van der Waals surface area contributed by atoms with Gasteiger partial charge < -0.3 is 9.47 Å². The van der Waals surface area contributed by atoms with Gasteiger partial charge in [-0.1, -0.05) is 24.6 Å². The smallest absolute Gasteiger partial charge is 0.431 e. The molecule has 1 aliphatic rings. The molecule has 2 nitrogen and oxygen atoms in total. The monoisotopic (exact) mass is 306 g/mol. The molecule has 0 N–H and O–H groups in total. The van der Waals surface area contributed by atoms with Crippen LogP contribution in [0.5, 0.6) is 11.5 Å². The van der Waals surface area contributed by atoms with Crippen LogP contribution in [0.4, 0.5) is 13.2 Å². The van der Waals surface area contributed by atoms with Crippen LogP contribution in [0.3, 0.4) is 0 Å². The van der Waals surface area contributed by atoms with Crippen molar-refractivity contribution in [2.45, 2.75) is 32.0 Å². The zero-order valence-corrected chi connectivity index (χ0v) is 12.0. The molecule has 1 unspecified atom stereocenters. The van der Waals surface area contributed by atoms with Crippen molar-refractivity contribution in [3.05, 3.63) is 28.3 Å². The summed E-state index contributed by atoms with van der Waals surface area (Å²) in [5.74, 6) is 0.357. The number of alkyl halides is 3. The molecule has 0 amide bonds. The second kappa shape index (κ2) is 4.88. The molecule has 0 saturated carbocycles. The maximum absolute atomic E-state index is 13.0. The molecule has 1 heterocycles. The van der Waals surface area contributed by atoms with Crippen LogP contribution in [-0.2, 0) is 6.42 Å². The predicted molar refractivity (Wildman–Crippen MR) is 71.5 cm³/mol. The summed E-state index contributed by atoms with van der Waals surface area (Å²) >= 11 is 6.14. The molecule has 0 fully saturated rings. The Labute approximate surface area is 120 Å². The maximum atomic E-state index is 13.0. The molecule has 1 atom stereocenters. The number of rotatable bonds is 2. The van der Waals surface area contributed by atoms with Gasteiger partial charge in [-0.3, -0.25) is 0 Å². The molecule has 0 saturated heterocycles. The van der Waals surface area contributed by atoms with E-state index in [4.69, 9.17) is 21.1 Å². The Morgan fingerprint density at radius 3 is 2.55 bits per heavy atom. The summed E-state index contributed by atoms with van der Waals surface area (Å²) in [7, 11) is 1.42. The highest BCUT2D eigenvalue weighted by Crippen LogP contribution is 2.47. The number of hydrogen-bond donors (Lipinski definition) is 0. The summed E-state index contributed by atoms with van der Waals surface area (Å²) < 4.78 is 49.4. The average molecular weight is 307 g/mol. The van der Waals surface area contributed by atoms with E-state index >= 15 is 0 Å². The van der Waals surface area contributed by atoms with E-state index < -0.39 is 11.8 Å². The first-order chi connectivity index (χ1) is 9.23. The first-order valence-electron chi connectivity index (χ1n) is 6.08. The van der Waals surface area contributed by atoms with Crippen LogP contribution in [0, 0.1) is 0 Å². The second-order valence-corrected chi connectivity index (χ2v) is 5.07. The van der Waals surface area contributed by atoms with Gasteiger partial charge in [0.1, 0.15) is 10.8 Å². The molecule has 1 aromatic carbocycles. The lowest BCUT2D eigenvalue weighted by Gasteiger charge is -2.34. The lowest BCUT2D eigenvalue weighted by molar-refractivity contribution is -0.222. The second-order valence-electron chi connectivity index (χ2n) is 4.70. The molecule has 1 aliphatic heterocycles. The molecule has 0 spiro atoms. The summed E-state index contributed by atoms with van der Waals surface area (Å²) in [6, 6.07) is 1.73. The minimum absolute atomic E-state index is 0.00282.